The van der Waals surface area contributed by atoms with Crippen LogP contribution in [0, 0.1) is 0 Å². The van der Waals surface area contributed by atoms with E-state index in [4.69, 9.17) is 4.74 Å². The molecule has 1 N–H and O–H groups in total. The highest BCUT2D eigenvalue weighted by Crippen LogP contribution is 2.35. The highest BCUT2D eigenvalue weighted by Gasteiger charge is 2.32. The Morgan fingerprint density at radius 3 is 2.55 bits per heavy atom. The Hall–Kier alpha value is -1.16. The van der Waals surface area contributed by atoms with Crippen molar-refractivity contribution in [3.63, 3.8) is 0 Å². The van der Waals surface area contributed by atoms with Crippen LogP contribution >= 0.6 is 11.3 Å². The van der Waals surface area contributed by atoms with Crippen LogP contribution in [0.3, 0.4) is 0 Å². The lowest BCUT2D eigenvalue weighted by atomic mass is 10.4. The van der Waals surface area contributed by atoms with E-state index >= 15 is 0 Å². The molecule has 0 saturated carbocycles. The predicted molar refractivity (Wildman–Crippen MR) is 73.8 cm³/mol. The molecule has 1 fully saturated rings. The molecule has 0 aromatic carbocycles. The van der Waals surface area contributed by atoms with Gasteiger partial charge in [0, 0.05) is 32.2 Å². The summed E-state index contributed by atoms with van der Waals surface area (Å²) in [6.07, 6.45) is 0. The molecule has 0 atom stereocenters. The molecule has 0 amide bonds. The minimum atomic E-state index is -3.65. The zero-order valence-electron chi connectivity index (χ0n) is 11.2. The number of sulfonamides is 1. The molecule has 1 saturated heterocycles. The first-order valence-electron chi connectivity index (χ1n) is 5.97. The van der Waals surface area contributed by atoms with Crippen LogP contribution in [0.2, 0.25) is 0 Å². The summed E-state index contributed by atoms with van der Waals surface area (Å²) >= 11 is 0.868. The van der Waals surface area contributed by atoms with E-state index in [0.717, 1.165) is 11.3 Å². The number of thiophene rings is 1. The van der Waals surface area contributed by atoms with Crippen LogP contribution < -0.4 is 10.1 Å². The first-order chi connectivity index (χ1) is 9.50. The summed E-state index contributed by atoms with van der Waals surface area (Å²) in [6, 6.07) is 1.39. The molecule has 20 heavy (non-hydrogen) atoms. The summed E-state index contributed by atoms with van der Waals surface area (Å²) in [5.41, 5.74) is 0. The van der Waals surface area contributed by atoms with Gasteiger partial charge in [0.2, 0.25) is 0 Å². The Morgan fingerprint density at radius 1 is 1.35 bits per heavy atom. The van der Waals surface area contributed by atoms with E-state index in [1.54, 1.807) is 0 Å². The molecule has 0 aliphatic carbocycles. The van der Waals surface area contributed by atoms with Crippen LogP contribution in [-0.4, -0.2) is 59.1 Å². The molecule has 1 aromatic rings. The van der Waals surface area contributed by atoms with Crippen LogP contribution in [0.4, 0.5) is 0 Å². The largest absolute Gasteiger partial charge is 0.494 e. The number of esters is 1. The second-order valence-electron chi connectivity index (χ2n) is 4.11. The Morgan fingerprint density at radius 2 is 2.00 bits per heavy atom. The lowest BCUT2D eigenvalue weighted by molar-refractivity contribution is 0.0606. The number of hydrogen-bond donors (Lipinski definition) is 1. The van der Waals surface area contributed by atoms with E-state index in [1.165, 1.54) is 24.6 Å². The number of carbonyl (C=O) groups is 1. The van der Waals surface area contributed by atoms with Gasteiger partial charge in [0.05, 0.1) is 14.2 Å². The van der Waals surface area contributed by atoms with Crippen molar-refractivity contribution >= 4 is 27.3 Å². The molecular formula is C11H16N2O5S2. The van der Waals surface area contributed by atoms with Crippen molar-refractivity contribution in [1.29, 1.82) is 0 Å². The molecule has 1 aliphatic heterocycles. The molecule has 112 valence electrons. The normalized spacial score (nSPS) is 16.9. The zero-order valence-corrected chi connectivity index (χ0v) is 12.8. The fourth-order valence-electron chi connectivity index (χ4n) is 1.88. The smallest absolute Gasteiger partial charge is 0.348 e. The molecule has 0 bridgehead atoms. The van der Waals surface area contributed by atoms with Crippen molar-refractivity contribution in [2.24, 2.45) is 0 Å². The quantitative estimate of drug-likeness (QED) is 0.794. The number of carbonyl (C=O) groups excluding carboxylic acids is 1. The van der Waals surface area contributed by atoms with E-state index in [0.29, 0.717) is 26.2 Å². The Kier molecular flexibility index (Phi) is 4.63. The summed E-state index contributed by atoms with van der Waals surface area (Å²) in [5, 5.41) is 3.09. The van der Waals surface area contributed by atoms with E-state index < -0.39 is 16.0 Å². The average Bonchev–Trinajstić information content (AvgIpc) is 2.92. The van der Waals surface area contributed by atoms with Crippen molar-refractivity contribution in [2.45, 2.75) is 4.21 Å². The van der Waals surface area contributed by atoms with Crippen molar-refractivity contribution in [3.05, 3.63) is 10.9 Å². The molecule has 0 spiro atoms. The zero-order chi connectivity index (χ0) is 14.8. The van der Waals surface area contributed by atoms with Crippen molar-refractivity contribution in [1.82, 2.24) is 9.62 Å². The van der Waals surface area contributed by atoms with Gasteiger partial charge in [-0.05, 0) is 0 Å². The maximum absolute atomic E-state index is 12.6. The summed E-state index contributed by atoms with van der Waals surface area (Å²) in [5.74, 6) is -0.399. The van der Waals surface area contributed by atoms with Crippen LogP contribution in [-0.2, 0) is 14.8 Å². The van der Waals surface area contributed by atoms with Gasteiger partial charge in [-0.3, -0.25) is 0 Å². The first-order valence-corrected chi connectivity index (χ1v) is 8.23. The molecule has 0 radical (unpaired) electrons. The lowest BCUT2D eigenvalue weighted by Gasteiger charge is -2.26. The average molecular weight is 320 g/mol. The summed E-state index contributed by atoms with van der Waals surface area (Å²) in [4.78, 5) is 11.7. The third-order valence-electron chi connectivity index (χ3n) is 2.92. The van der Waals surface area contributed by atoms with Gasteiger partial charge in [-0.2, -0.15) is 4.31 Å². The second kappa shape index (κ2) is 6.08. The van der Waals surface area contributed by atoms with Crippen LogP contribution in [0.5, 0.6) is 5.75 Å². The summed E-state index contributed by atoms with van der Waals surface area (Å²) < 4.78 is 36.3. The number of piperazine rings is 1. The maximum Gasteiger partial charge on any atom is 0.348 e. The van der Waals surface area contributed by atoms with Gasteiger partial charge in [0.1, 0.15) is 4.88 Å². The Bertz CT molecular complexity index is 590. The molecule has 1 aromatic heterocycles. The SMILES string of the molecule is COC(=O)c1cc(OC)c(S(=O)(=O)N2CCNCC2)s1. The number of methoxy groups -OCH3 is 2. The summed E-state index contributed by atoms with van der Waals surface area (Å²) in [7, 11) is -1.02. The number of rotatable bonds is 4. The van der Waals surface area contributed by atoms with Crippen molar-refractivity contribution < 1.29 is 22.7 Å². The Labute approximate surface area is 121 Å². The van der Waals surface area contributed by atoms with Gasteiger partial charge in [-0.25, -0.2) is 13.2 Å². The molecule has 2 rings (SSSR count). The van der Waals surface area contributed by atoms with E-state index in [2.05, 4.69) is 10.1 Å². The number of ether oxygens (including phenoxy) is 2. The van der Waals surface area contributed by atoms with Crippen LogP contribution in [0.1, 0.15) is 9.67 Å². The summed E-state index contributed by atoms with van der Waals surface area (Å²) in [6.45, 7) is 2.02. The van der Waals surface area contributed by atoms with E-state index in [1.807, 2.05) is 0 Å². The second-order valence-corrected chi connectivity index (χ2v) is 7.30. The third-order valence-corrected chi connectivity index (χ3v) is 6.41. The fraction of sp³-hybridized carbons (Fsp3) is 0.545. The minimum absolute atomic E-state index is 0.0438. The van der Waals surface area contributed by atoms with Gasteiger partial charge in [0.15, 0.2) is 9.96 Å². The topological polar surface area (TPSA) is 84.9 Å². The highest BCUT2D eigenvalue weighted by molar-refractivity contribution is 7.91. The molecular weight excluding hydrogens is 304 g/mol. The highest BCUT2D eigenvalue weighted by atomic mass is 32.2. The minimum Gasteiger partial charge on any atom is -0.494 e. The van der Waals surface area contributed by atoms with Gasteiger partial charge in [0.25, 0.3) is 10.0 Å². The number of nitrogens with one attached hydrogen (secondary N) is 1. The van der Waals surface area contributed by atoms with Crippen molar-refractivity contribution in [3.8, 4) is 5.75 Å². The molecule has 7 nitrogen and oxygen atoms in total. The third kappa shape index (κ3) is 2.80. The molecule has 9 heteroatoms. The molecule has 2 heterocycles. The molecule has 1 aliphatic rings. The standard InChI is InChI=1S/C11H16N2O5S2/c1-17-8-7-9(10(14)18-2)19-11(8)20(15,16)13-5-3-12-4-6-13/h7,12H,3-6H2,1-2H3. The van der Waals surface area contributed by atoms with Crippen LogP contribution in [0.25, 0.3) is 0 Å². The van der Waals surface area contributed by atoms with Crippen LogP contribution in [0.15, 0.2) is 10.3 Å². The van der Waals surface area contributed by atoms with Gasteiger partial charge in [-0.15, -0.1) is 11.3 Å². The first kappa shape index (κ1) is 15.2. The van der Waals surface area contributed by atoms with Gasteiger partial charge < -0.3 is 14.8 Å². The monoisotopic (exact) mass is 320 g/mol. The van der Waals surface area contributed by atoms with Crippen molar-refractivity contribution in [2.75, 3.05) is 40.4 Å². The number of hydrogen-bond acceptors (Lipinski definition) is 7. The number of nitrogens with zero attached hydrogens (tertiary/aromatic N) is 1. The maximum atomic E-state index is 12.6. The molecule has 0 unspecified atom stereocenters. The van der Waals surface area contributed by atoms with Gasteiger partial charge >= 0.3 is 5.97 Å². The van der Waals surface area contributed by atoms with E-state index in [-0.39, 0.29) is 14.8 Å². The fourth-order valence-corrected chi connectivity index (χ4v) is 4.96. The predicted octanol–water partition coefficient (Wildman–Crippen LogP) is 0.137. The van der Waals surface area contributed by atoms with Gasteiger partial charge in [-0.1, -0.05) is 0 Å². The lowest BCUT2D eigenvalue weighted by Crippen LogP contribution is -2.46. The Balaban J connectivity index is 2.39. The van der Waals surface area contributed by atoms with E-state index in [9.17, 15) is 13.2 Å².